The van der Waals surface area contributed by atoms with Crippen LogP contribution in [0.3, 0.4) is 0 Å². The zero-order chi connectivity index (χ0) is 13.9. The number of esters is 2. The van der Waals surface area contributed by atoms with Gasteiger partial charge in [0.1, 0.15) is 0 Å². The minimum atomic E-state index is -4.55. The van der Waals surface area contributed by atoms with Crippen molar-refractivity contribution >= 4 is 22.1 Å². The summed E-state index contributed by atoms with van der Waals surface area (Å²) in [6.45, 7) is 0. The monoisotopic (exact) mass is 313 g/mol. The molecule has 1 aromatic carbocycles. The molecule has 0 unspecified atom stereocenters. The van der Waals surface area contributed by atoms with E-state index >= 15 is 0 Å². The summed E-state index contributed by atoms with van der Waals surface area (Å²) in [7, 11) is -2.35. The number of carbonyl (C=O) groups excluding carboxylic acids is 2. The van der Waals surface area contributed by atoms with Gasteiger partial charge in [0, 0.05) is 0 Å². The van der Waals surface area contributed by atoms with Crippen LogP contribution in [0.5, 0.6) is 0 Å². The molecule has 0 fully saturated rings. The van der Waals surface area contributed by atoms with Crippen LogP contribution in [0.25, 0.3) is 0 Å². The largest absolute Gasteiger partial charge is 1.00 e. The van der Waals surface area contributed by atoms with Crippen molar-refractivity contribution < 1.29 is 83.4 Å². The fourth-order valence-electron chi connectivity index (χ4n) is 1.22. The third-order valence-electron chi connectivity index (χ3n) is 2.05. The molecule has 0 aliphatic carbocycles. The molecule has 0 aliphatic rings. The third kappa shape index (κ3) is 4.95. The molecule has 98 valence electrons. The average Bonchev–Trinajstić information content (AvgIpc) is 2.35. The molecular formula is C10H10KO7S+. The predicted molar refractivity (Wildman–Crippen MR) is 58.9 cm³/mol. The second kappa shape index (κ2) is 7.48. The summed E-state index contributed by atoms with van der Waals surface area (Å²) >= 11 is 0. The summed E-state index contributed by atoms with van der Waals surface area (Å²) in [6, 6.07) is 2.90. The number of hydrogen-bond acceptors (Lipinski definition) is 6. The van der Waals surface area contributed by atoms with E-state index in [1.807, 2.05) is 0 Å². The molecule has 0 aliphatic heterocycles. The fourth-order valence-corrected chi connectivity index (χ4v) is 1.77. The van der Waals surface area contributed by atoms with Gasteiger partial charge in [-0.2, -0.15) is 8.42 Å². The van der Waals surface area contributed by atoms with Crippen molar-refractivity contribution in [1.82, 2.24) is 0 Å². The van der Waals surface area contributed by atoms with Crippen LogP contribution in [0.15, 0.2) is 23.1 Å². The Kier molecular flexibility index (Phi) is 7.36. The van der Waals surface area contributed by atoms with Crippen LogP contribution < -0.4 is 51.4 Å². The summed E-state index contributed by atoms with van der Waals surface area (Å²) in [6.07, 6.45) is 0. The van der Waals surface area contributed by atoms with Gasteiger partial charge >= 0.3 is 63.3 Å². The molecule has 0 saturated heterocycles. The maximum atomic E-state index is 11.3. The van der Waals surface area contributed by atoms with Crippen molar-refractivity contribution in [2.45, 2.75) is 4.90 Å². The minimum absolute atomic E-state index is 0. The van der Waals surface area contributed by atoms with Crippen molar-refractivity contribution in [3.8, 4) is 0 Å². The normalized spacial score (nSPS) is 10.3. The van der Waals surface area contributed by atoms with Crippen LogP contribution in [0.1, 0.15) is 20.7 Å². The first-order valence-corrected chi connectivity index (χ1v) is 6.03. The van der Waals surface area contributed by atoms with Crippen molar-refractivity contribution in [3.63, 3.8) is 0 Å². The van der Waals surface area contributed by atoms with Gasteiger partial charge in [0.15, 0.2) is 0 Å². The molecule has 0 saturated carbocycles. The summed E-state index contributed by atoms with van der Waals surface area (Å²) in [5.74, 6) is -1.68. The van der Waals surface area contributed by atoms with Crippen LogP contribution in [-0.2, 0) is 19.6 Å². The Morgan fingerprint density at radius 2 is 1.37 bits per heavy atom. The van der Waals surface area contributed by atoms with Crippen molar-refractivity contribution in [1.29, 1.82) is 0 Å². The van der Waals surface area contributed by atoms with Crippen LogP contribution in [0.2, 0.25) is 0 Å². The van der Waals surface area contributed by atoms with E-state index < -0.39 is 27.0 Å². The smallest absolute Gasteiger partial charge is 0.465 e. The number of carbonyl (C=O) groups is 2. The quantitative estimate of drug-likeness (QED) is 0.374. The summed E-state index contributed by atoms with van der Waals surface area (Å²) in [5, 5.41) is 0. The second-order valence-corrected chi connectivity index (χ2v) is 4.63. The van der Waals surface area contributed by atoms with Gasteiger partial charge in [-0.3, -0.25) is 4.55 Å². The molecule has 1 N–H and O–H groups in total. The number of rotatable bonds is 3. The number of ether oxygens (including phenoxy) is 2. The van der Waals surface area contributed by atoms with Crippen molar-refractivity contribution in [2.75, 3.05) is 14.2 Å². The summed E-state index contributed by atoms with van der Waals surface area (Å²) in [4.78, 5) is 22.0. The molecule has 7 nitrogen and oxygen atoms in total. The van der Waals surface area contributed by atoms with E-state index in [0.29, 0.717) is 0 Å². The standard InChI is InChI=1S/C10H10O7S.K/c1-16-9(11)6-3-7(10(12)17-2)5-8(4-6)18(13,14)15;/h3-5H,1-2H3,(H,13,14,15);/q;+1. The first-order valence-electron chi connectivity index (χ1n) is 4.59. The van der Waals surface area contributed by atoms with E-state index in [0.717, 1.165) is 32.4 Å². The van der Waals surface area contributed by atoms with Crippen molar-refractivity contribution in [2.24, 2.45) is 0 Å². The van der Waals surface area contributed by atoms with Gasteiger partial charge in [-0.25, -0.2) is 9.59 Å². The molecule has 0 heterocycles. The zero-order valence-corrected chi connectivity index (χ0v) is 14.5. The van der Waals surface area contributed by atoms with Gasteiger partial charge in [0.2, 0.25) is 0 Å². The van der Waals surface area contributed by atoms with Gasteiger partial charge in [0.25, 0.3) is 10.1 Å². The maximum Gasteiger partial charge on any atom is 1.00 e. The van der Waals surface area contributed by atoms with E-state index in [4.69, 9.17) is 4.55 Å². The molecule has 0 spiro atoms. The van der Waals surface area contributed by atoms with E-state index in [1.165, 1.54) is 0 Å². The molecule has 1 aromatic rings. The molecule has 9 heteroatoms. The number of benzene rings is 1. The first kappa shape index (κ1) is 18.7. The van der Waals surface area contributed by atoms with E-state index in [1.54, 1.807) is 0 Å². The topological polar surface area (TPSA) is 107 Å². The van der Waals surface area contributed by atoms with E-state index in [2.05, 4.69) is 9.47 Å². The van der Waals surface area contributed by atoms with Gasteiger partial charge in [-0.05, 0) is 18.2 Å². The molecule has 0 aromatic heterocycles. The Morgan fingerprint density at radius 1 is 1.00 bits per heavy atom. The number of methoxy groups -OCH3 is 2. The van der Waals surface area contributed by atoms with Gasteiger partial charge < -0.3 is 9.47 Å². The first-order chi connectivity index (χ1) is 8.29. The Morgan fingerprint density at radius 3 is 1.63 bits per heavy atom. The van der Waals surface area contributed by atoms with E-state index in [-0.39, 0.29) is 62.5 Å². The van der Waals surface area contributed by atoms with Gasteiger partial charge in [0.05, 0.1) is 30.2 Å². The zero-order valence-electron chi connectivity index (χ0n) is 10.5. The Balaban J connectivity index is 0.00000324. The fraction of sp³-hybridized carbons (Fsp3) is 0.200. The Labute approximate surface area is 152 Å². The molecule has 0 bridgehead atoms. The van der Waals surface area contributed by atoms with Gasteiger partial charge in [-0.1, -0.05) is 0 Å². The van der Waals surface area contributed by atoms with Crippen LogP contribution >= 0.6 is 0 Å². The summed E-state index contributed by atoms with van der Waals surface area (Å²) in [5.41, 5.74) is -0.374. The molecule has 19 heavy (non-hydrogen) atoms. The SMILES string of the molecule is COC(=O)c1cc(C(=O)OC)cc(S(=O)(=O)O)c1.[K+]. The molecule has 0 radical (unpaired) electrons. The van der Waals surface area contributed by atoms with Crippen molar-refractivity contribution in [3.05, 3.63) is 29.3 Å². The average molecular weight is 313 g/mol. The van der Waals surface area contributed by atoms with Gasteiger partial charge in [-0.15, -0.1) is 0 Å². The molecule has 1 rings (SSSR count). The molecular weight excluding hydrogens is 303 g/mol. The predicted octanol–water partition coefficient (Wildman–Crippen LogP) is -2.49. The minimum Gasteiger partial charge on any atom is -0.465 e. The number of hydrogen-bond donors (Lipinski definition) is 1. The van der Waals surface area contributed by atoms with Crippen LogP contribution in [-0.4, -0.2) is 39.1 Å². The Bertz CT molecular complexity index is 560. The third-order valence-corrected chi connectivity index (χ3v) is 2.88. The van der Waals surface area contributed by atoms with E-state index in [9.17, 15) is 18.0 Å². The van der Waals surface area contributed by atoms with Crippen LogP contribution in [0, 0.1) is 0 Å². The maximum absolute atomic E-state index is 11.3. The molecule has 0 amide bonds. The summed E-state index contributed by atoms with van der Waals surface area (Å²) < 4.78 is 39.7. The Hall–Kier alpha value is -0.294. The molecule has 0 atom stereocenters. The second-order valence-electron chi connectivity index (χ2n) is 3.20. The van der Waals surface area contributed by atoms with Crippen LogP contribution in [0.4, 0.5) is 0 Å².